The van der Waals surface area contributed by atoms with Crippen LogP contribution in [0.1, 0.15) is 50.8 Å². The van der Waals surface area contributed by atoms with Gasteiger partial charge < -0.3 is 15.0 Å². The van der Waals surface area contributed by atoms with Crippen LogP contribution in [0.25, 0.3) is 0 Å². The molecule has 0 aromatic heterocycles. The summed E-state index contributed by atoms with van der Waals surface area (Å²) in [7, 11) is 0. The molecule has 0 aliphatic rings. The molecule has 0 saturated heterocycles. The van der Waals surface area contributed by atoms with Crippen molar-refractivity contribution in [3.63, 3.8) is 0 Å². The van der Waals surface area contributed by atoms with E-state index in [1.54, 1.807) is 4.90 Å². The zero-order chi connectivity index (χ0) is 21.1. The van der Waals surface area contributed by atoms with Crippen molar-refractivity contribution in [3.05, 3.63) is 71.8 Å². The van der Waals surface area contributed by atoms with Crippen molar-refractivity contribution >= 4 is 11.8 Å². The van der Waals surface area contributed by atoms with Crippen molar-refractivity contribution in [2.75, 3.05) is 13.2 Å². The number of rotatable bonds is 11. The first-order valence-electron chi connectivity index (χ1n) is 10.3. The number of nitrogens with zero attached hydrogens (tertiary/aromatic N) is 1. The number of benzene rings is 2. The largest absolute Gasteiger partial charge is 0.379 e. The van der Waals surface area contributed by atoms with E-state index in [0.29, 0.717) is 26.1 Å². The molecule has 0 aliphatic carbocycles. The molecular formula is C24H32N2O3. The molecule has 1 atom stereocenters. The summed E-state index contributed by atoms with van der Waals surface area (Å²) < 4.78 is 5.54. The Bertz CT molecular complexity index is 747. The third-order valence-corrected chi connectivity index (χ3v) is 4.57. The number of hydrogen-bond donors (Lipinski definition) is 1. The van der Waals surface area contributed by atoms with Crippen LogP contribution in [-0.2, 0) is 20.9 Å². The number of hydrogen-bond acceptors (Lipinski definition) is 3. The lowest BCUT2D eigenvalue weighted by atomic mass is 10.0. The predicted molar refractivity (Wildman–Crippen MR) is 115 cm³/mol. The summed E-state index contributed by atoms with van der Waals surface area (Å²) in [6.45, 7) is 7.29. The molecule has 5 heteroatoms. The molecule has 0 aliphatic heterocycles. The zero-order valence-corrected chi connectivity index (χ0v) is 17.6. The van der Waals surface area contributed by atoms with Crippen LogP contribution in [0.3, 0.4) is 0 Å². The fourth-order valence-corrected chi connectivity index (χ4v) is 3.11. The third kappa shape index (κ3) is 7.35. The van der Waals surface area contributed by atoms with E-state index in [0.717, 1.165) is 17.5 Å². The molecule has 0 bridgehead atoms. The summed E-state index contributed by atoms with van der Waals surface area (Å²) in [5.41, 5.74) is 1.80. The van der Waals surface area contributed by atoms with E-state index in [4.69, 9.17) is 4.74 Å². The molecule has 0 saturated carbocycles. The number of nitrogens with one attached hydrogen (secondary N) is 1. The highest BCUT2D eigenvalue weighted by molar-refractivity contribution is 5.88. The van der Waals surface area contributed by atoms with Crippen LogP contribution in [0.4, 0.5) is 0 Å². The average molecular weight is 397 g/mol. The summed E-state index contributed by atoms with van der Waals surface area (Å²) >= 11 is 0. The van der Waals surface area contributed by atoms with Crippen molar-refractivity contribution in [1.29, 1.82) is 0 Å². The molecule has 29 heavy (non-hydrogen) atoms. The predicted octanol–water partition coefficient (Wildman–Crippen LogP) is 4.10. The van der Waals surface area contributed by atoms with Crippen molar-refractivity contribution in [2.45, 2.75) is 52.3 Å². The molecule has 2 aromatic carbocycles. The van der Waals surface area contributed by atoms with Crippen molar-refractivity contribution in [2.24, 2.45) is 0 Å². The first kappa shape index (κ1) is 22.6. The Morgan fingerprint density at radius 2 is 1.62 bits per heavy atom. The quantitative estimate of drug-likeness (QED) is 0.582. The molecular weight excluding hydrogens is 364 g/mol. The van der Waals surface area contributed by atoms with Gasteiger partial charge in [-0.3, -0.25) is 9.59 Å². The first-order valence-corrected chi connectivity index (χ1v) is 10.3. The summed E-state index contributed by atoms with van der Waals surface area (Å²) in [6.07, 6.45) is 1.24. The number of carbonyl (C=O) groups excluding carboxylic acids is 2. The van der Waals surface area contributed by atoms with Crippen molar-refractivity contribution in [3.8, 4) is 0 Å². The number of carbonyl (C=O) groups is 2. The van der Waals surface area contributed by atoms with Crippen LogP contribution in [0.2, 0.25) is 0 Å². The summed E-state index contributed by atoms with van der Waals surface area (Å²) in [5, 5.41) is 2.99. The first-order chi connectivity index (χ1) is 14.0. The van der Waals surface area contributed by atoms with E-state index >= 15 is 0 Å². The third-order valence-electron chi connectivity index (χ3n) is 4.57. The van der Waals surface area contributed by atoms with Gasteiger partial charge in [0, 0.05) is 26.1 Å². The Kier molecular flexibility index (Phi) is 9.38. The maximum Gasteiger partial charge on any atom is 0.247 e. The van der Waals surface area contributed by atoms with Gasteiger partial charge in [-0.2, -0.15) is 0 Å². The summed E-state index contributed by atoms with van der Waals surface area (Å²) in [5.74, 6) is -0.223. The second kappa shape index (κ2) is 12.0. The van der Waals surface area contributed by atoms with Crippen LogP contribution in [-0.4, -0.2) is 36.0 Å². The minimum Gasteiger partial charge on any atom is -0.379 e. The molecule has 0 fully saturated rings. The second-order valence-electron chi connectivity index (χ2n) is 7.24. The fraction of sp³-hybridized carbons (Fsp3) is 0.417. The minimum absolute atomic E-state index is 0.0546. The van der Waals surface area contributed by atoms with E-state index in [2.05, 4.69) is 5.32 Å². The summed E-state index contributed by atoms with van der Waals surface area (Å²) in [6, 6.07) is 18.6. The van der Waals surface area contributed by atoms with Gasteiger partial charge in [0.25, 0.3) is 0 Å². The Labute approximate surface area is 174 Å². The highest BCUT2D eigenvalue weighted by Gasteiger charge is 2.30. The van der Waals surface area contributed by atoms with E-state index in [-0.39, 0.29) is 17.9 Å². The Balaban J connectivity index is 2.20. The molecule has 1 N–H and O–H groups in total. The standard InChI is InChI=1S/C24H32N2O3/c1-4-22(27)26(18-20-12-7-5-8-13-20)23(21-14-9-6-10-15-21)24(28)25-16-11-17-29-19(2)3/h5-10,12-15,19,23H,4,11,16-18H2,1-3H3,(H,25,28)/t23-/m1/s1. The molecule has 2 aromatic rings. The van der Waals surface area contributed by atoms with Crippen LogP contribution in [0.5, 0.6) is 0 Å². The highest BCUT2D eigenvalue weighted by Crippen LogP contribution is 2.24. The number of amides is 2. The lowest BCUT2D eigenvalue weighted by Gasteiger charge is -2.31. The van der Waals surface area contributed by atoms with E-state index in [1.807, 2.05) is 81.4 Å². The van der Waals surface area contributed by atoms with Crippen LogP contribution >= 0.6 is 0 Å². The van der Waals surface area contributed by atoms with Gasteiger partial charge in [-0.15, -0.1) is 0 Å². The number of ether oxygens (including phenoxy) is 1. The average Bonchev–Trinajstić information content (AvgIpc) is 2.73. The zero-order valence-electron chi connectivity index (χ0n) is 17.6. The van der Waals surface area contributed by atoms with Crippen LogP contribution < -0.4 is 5.32 Å². The minimum atomic E-state index is -0.671. The topological polar surface area (TPSA) is 58.6 Å². The molecule has 156 valence electrons. The van der Waals surface area contributed by atoms with Crippen LogP contribution in [0, 0.1) is 0 Å². The van der Waals surface area contributed by atoms with Gasteiger partial charge in [0.2, 0.25) is 11.8 Å². The Morgan fingerprint density at radius 3 is 2.21 bits per heavy atom. The smallest absolute Gasteiger partial charge is 0.247 e. The lowest BCUT2D eigenvalue weighted by Crippen LogP contribution is -2.43. The second-order valence-corrected chi connectivity index (χ2v) is 7.24. The lowest BCUT2D eigenvalue weighted by molar-refractivity contribution is -0.141. The molecule has 0 unspecified atom stereocenters. The maximum atomic E-state index is 13.1. The van der Waals surface area contributed by atoms with Crippen molar-refractivity contribution in [1.82, 2.24) is 10.2 Å². The summed E-state index contributed by atoms with van der Waals surface area (Å²) in [4.78, 5) is 27.6. The normalized spacial score (nSPS) is 11.9. The molecule has 2 amide bonds. The van der Waals surface area contributed by atoms with E-state index in [9.17, 15) is 9.59 Å². The van der Waals surface area contributed by atoms with Crippen LogP contribution in [0.15, 0.2) is 60.7 Å². The maximum absolute atomic E-state index is 13.1. The Morgan fingerprint density at radius 1 is 1.00 bits per heavy atom. The van der Waals surface area contributed by atoms with Gasteiger partial charge >= 0.3 is 0 Å². The molecule has 0 heterocycles. The van der Waals surface area contributed by atoms with E-state index < -0.39 is 6.04 Å². The van der Waals surface area contributed by atoms with Gasteiger partial charge in [-0.1, -0.05) is 67.6 Å². The van der Waals surface area contributed by atoms with Crippen molar-refractivity contribution < 1.29 is 14.3 Å². The van der Waals surface area contributed by atoms with Gasteiger partial charge in [0.15, 0.2) is 0 Å². The SMILES string of the molecule is CCC(=O)N(Cc1ccccc1)[C@@H](C(=O)NCCCOC(C)C)c1ccccc1. The molecule has 0 spiro atoms. The van der Waals surface area contributed by atoms with Gasteiger partial charge in [-0.05, 0) is 31.4 Å². The van der Waals surface area contributed by atoms with Gasteiger partial charge in [-0.25, -0.2) is 0 Å². The monoisotopic (exact) mass is 396 g/mol. The highest BCUT2D eigenvalue weighted by atomic mass is 16.5. The molecule has 5 nitrogen and oxygen atoms in total. The Hall–Kier alpha value is -2.66. The van der Waals surface area contributed by atoms with Gasteiger partial charge in [0.05, 0.1) is 6.10 Å². The van der Waals surface area contributed by atoms with Gasteiger partial charge in [0.1, 0.15) is 6.04 Å². The molecule has 0 radical (unpaired) electrons. The van der Waals surface area contributed by atoms with E-state index in [1.165, 1.54) is 0 Å². The fourth-order valence-electron chi connectivity index (χ4n) is 3.11. The molecule has 2 rings (SSSR count).